The van der Waals surface area contributed by atoms with E-state index in [1.165, 1.54) is 12.3 Å². The van der Waals surface area contributed by atoms with E-state index in [0.29, 0.717) is 12.4 Å². The minimum absolute atomic E-state index is 0.0388. The molecular weight excluding hydrogens is 292 g/mol. The Kier molecular flexibility index (Phi) is 6.57. The fourth-order valence-corrected chi connectivity index (χ4v) is 2.58. The van der Waals surface area contributed by atoms with Gasteiger partial charge in [-0.05, 0) is 32.9 Å². The Morgan fingerprint density at radius 1 is 1.33 bits per heavy atom. The third kappa shape index (κ3) is 6.09. The molecule has 0 aliphatic carbocycles. The zero-order valence-electron chi connectivity index (χ0n) is 12.5. The van der Waals surface area contributed by atoms with Gasteiger partial charge in [0, 0.05) is 31.7 Å². The molecule has 0 fully saturated rings. The van der Waals surface area contributed by atoms with Crippen molar-refractivity contribution in [1.29, 1.82) is 0 Å². The molecule has 1 aromatic rings. The number of sulfonamides is 1. The number of aromatic nitrogens is 1. The molecule has 0 aliphatic rings. The normalized spacial score (nSPS) is 11.4. The molecule has 8 heteroatoms. The van der Waals surface area contributed by atoms with E-state index in [2.05, 4.69) is 20.3 Å². The number of nitrogens with zero attached hydrogens (tertiary/aromatic N) is 1. The van der Waals surface area contributed by atoms with Crippen molar-refractivity contribution in [3.63, 3.8) is 0 Å². The molecule has 1 aromatic heterocycles. The highest BCUT2D eigenvalue weighted by atomic mass is 32.2. The zero-order valence-corrected chi connectivity index (χ0v) is 13.3. The van der Waals surface area contributed by atoms with Gasteiger partial charge in [0.05, 0.1) is 0 Å². The van der Waals surface area contributed by atoms with Crippen molar-refractivity contribution in [2.24, 2.45) is 0 Å². The molecule has 0 aliphatic heterocycles. The lowest BCUT2D eigenvalue weighted by atomic mass is 10.3. The Morgan fingerprint density at radius 2 is 2.05 bits per heavy atom. The number of rotatable bonds is 8. The van der Waals surface area contributed by atoms with Crippen molar-refractivity contribution < 1.29 is 13.2 Å². The summed E-state index contributed by atoms with van der Waals surface area (Å²) in [4.78, 5) is 15.5. The zero-order chi connectivity index (χ0) is 15.9. The number of nitrogens with one attached hydrogen (secondary N) is 3. The van der Waals surface area contributed by atoms with E-state index < -0.39 is 10.0 Å². The van der Waals surface area contributed by atoms with Crippen LogP contribution in [0, 0.1) is 0 Å². The number of pyridine rings is 1. The first-order valence-corrected chi connectivity index (χ1v) is 8.32. The molecule has 0 radical (unpaired) electrons. The second-order valence-electron chi connectivity index (χ2n) is 4.78. The molecule has 118 valence electrons. The van der Waals surface area contributed by atoms with Gasteiger partial charge in [0.15, 0.2) is 0 Å². The van der Waals surface area contributed by atoms with Crippen molar-refractivity contribution in [3.05, 3.63) is 18.3 Å². The highest BCUT2D eigenvalue weighted by Gasteiger charge is 2.14. The number of amides is 1. The van der Waals surface area contributed by atoms with Crippen LogP contribution in [0.5, 0.6) is 0 Å². The number of hydrogen-bond donors (Lipinski definition) is 3. The number of anilines is 1. The van der Waals surface area contributed by atoms with Crippen molar-refractivity contribution >= 4 is 21.7 Å². The van der Waals surface area contributed by atoms with Crippen LogP contribution in [0.25, 0.3) is 0 Å². The molecule has 0 unspecified atom stereocenters. The van der Waals surface area contributed by atoms with Gasteiger partial charge in [-0.2, -0.15) is 0 Å². The second-order valence-corrected chi connectivity index (χ2v) is 6.55. The highest BCUT2D eigenvalue weighted by molar-refractivity contribution is 7.89. The van der Waals surface area contributed by atoms with Crippen LogP contribution in [0.15, 0.2) is 23.2 Å². The lowest BCUT2D eigenvalue weighted by molar-refractivity contribution is -0.121. The molecule has 1 heterocycles. The smallest absolute Gasteiger partial charge is 0.242 e. The van der Waals surface area contributed by atoms with E-state index in [1.54, 1.807) is 6.07 Å². The average Bonchev–Trinajstić information content (AvgIpc) is 2.38. The average molecular weight is 314 g/mol. The van der Waals surface area contributed by atoms with Gasteiger partial charge in [0.25, 0.3) is 0 Å². The summed E-state index contributed by atoms with van der Waals surface area (Å²) in [6, 6.07) is 3.11. The second kappa shape index (κ2) is 7.94. The Labute approximate surface area is 125 Å². The predicted octanol–water partition coefficient (Wildman–Crippen LogP) is 0.706. The van der Waals surface area contributed by atoms with E-state index in [4.69, 9.17) is 0 Å². The summed E-state index contributed by atoms with van der Waals surface area (Å²) < 4.78 is 26.4. The van der Waals surface area contributed by atoms with Crippen molar-refractivity contribution in [3.8, 4) is 0 Å². The van der Waals surface area contributed by atoms with Gasteiger partial charge in [-0.15, -0.1) is 0 Å². The molecule has 7 nitrogen and oxygen atoms in total. The fraction of sp³-hybridized carbons (Fsp3) is 0.538. The van der Waals surface area contributed by atoms with Crippen molar-refractivity contribution in [2.75, 3.05) is 18.4 Å². The molecule has 0 saturated heterocycles. The summed E-state index contributed by atoms with van der Waals surface area (Å²) in [5, 5.41) is 5.68. The number of carbonyl (C=O) groups is 1. The number of carbonyl (C=O) groups excluding carboxylic acids is 1. The monoisotopic (exact) mass is 314 g/mol. The van der Waals surface area contributed by atoms with Crippen molar-refractivity contribution in [2.45, 2.75) is 38.1 Å². The van der Waals surface area contributed by atoms with Gasteiger partial charge in [-0.3, -0.25) is 4.79 Å². The van der Waals surface area contributed by atoms with Gasteiger partial charge in [0.2, 0.25) is 15.9 Å². The molecule has 0 bridgehead atoms. The molecule has 3 N–H and O–H groups in total. The molecule has 0 aromatic carbocycles. The molecule has 0 spiro atoms. The van der Waals surface area contributed by atoms with E-state index in [0.717, 1.165) is 0 Å². The topological polar surface area (TPSA) is 100 Å². The van der Waals surface area contributed by atoms with Crippen LogP contribution in [0.3, 0.4) is 0 Å². The standard InChI is InChI=1S/C13H22N4O3S/c1-4-14-12-6-5-11(9-15-12)21(19,20)16-8-7-13(18)17-10(2)3/h5-6,9-10,16H,4,7-8H2,1-3H3,(H,14,15)(H,17,18). The first kappa shape index (κ1) is 17.4. The number of hydrogen-bond acceptors (Lipinski definition) is 5. The maximum atomic E-state index is 12.0. The summed E-state index contributed by atoms with van der Waals surface area (Å²) in [5.74, 6) is 0.432. The van der Waals surface area contributed by atoms with Crippen LogP contribution < -0.4 is 15.4 Å². The summed E-state index contributed by atoms with van der Waals surface area (Å²) in [6.07, 6.45) is 1.38. The van der Waals surface area contributed by atoms with E-state index in [-0.39, 0.29) is 29.8 Å². The molecule has 1 amide bonds. The molecule has 0 saturated carbocycles. The fourth-order valence-electron chi connectivity index (χ4n) is 1.60. The summed E-state index contributed by atoms with van der Waals surface area (Å²) in [7, 11) is -3.64. The third-order valence-corrected chi connectivity index (χ3v) is 3.94. The van der Waals surface area contributed by atoms with E-state index >= 15 is 0 Å². The molecule has 21 heavy (non-hydrogen) atoms. The summed E-state index contributed by atoms with van der Waals surface area (Å²) in [5.41, 5.74) is 0. The van der Waals surface area contributed by atoms with Crippen LogP contribution in [0.1, 0.15) is 27.2 Å². The Bertz CT molecular complexity index is 555. The largest absolute Gasteiger partial charge is 0.370 e. The summed E-state index contributed by atoms with van der Waals surface area (Å²) in [6.45, 7) is 6.38. The van der Waals surface area contributed by atoms with Crippen LogP contribution in [-0.2, 0) is 14.8 Å². The van der Waals surface area contributed by atoms with Crippen LogP contribution in [0.4, 0.5) is 5.82 Å². The molecule has 1 rings (SSSR count). The lowest BCUT2D eigenvalue weighted by Gasteiger charge is -2.09. The summed E-state index contributed by atoms with van der Waals surface area (Å²) >= 11 is 0. The Morgan fingerprint density at radius 3 is 2.57 bits per heavy atom. The van der Waals surface area contributed by atoms with E-state index in [1.807, 2.05) is 20.8 Å². The minimum Gasteiger partial charge on any atom is -0.370 e. The van der Waals surface area contributed by atoms with Crippen LogP contribution >= 0.6 is 0 Å². The van der Waals surface area contributed by atoms with Gasteiger partial charge in [-0.1, -0.05) is 0 Å². The highest BCUT2D eigenvalue weighted by Crippen LogP contribution is 2.10. The van der Waals surface area contributed by atoms with Gasteiger partial charge >= 0.3 is 0 Å². The van der Waals surface area contributed by atoms with Crippen LogP contribution in [-0.4, -0.2) is 38.4 Å². The third-order valence-electron chi connectivity index (χ3n) is 2.50. The Balaban J connectivity index is 2.55. The first-order valence-electron chi connectivity index (χ1n) is 6.84. The van der Waals surface area contributed by atoms with Gasteiger partial charge < -0.3 is 10.6 Å². The maximum absolute atomic E-state index is 12.0. The van der Waals surface area contributed by atoms with E-state index in [9.17, 15) is 13.2 Å². The van der Waals surface area contributed by atoms with Crippen LogP contribution in [0.2, 0.25) is 0 Å². The quantitative estimate of drug-likeness (QED) is 0.656. The van der Waals surface area contributed by atoms with Gasteiger partial charge in [-0.25, -0.2) is 18.1 Å². The molecular formula is C13H22N4O3S. The van der Waals surface area contributed by atoms with Crippen molar-refractivity contribution in [1.82, 2.24) is 15.0 Å². The first-order chi connectivity index (χ1) is 9.85. The van der Waals surface area contributed by atoms with Gasteiger partial charge in [0.1, 0.15) is 10.7 Å². The molecule has 0 atom stereocenters. The predicted molar refractivity (Wildman–Crippen MR) is 81.5 cm³/mol. The Hall–Kier alpha value is -1.67. The maximum Gasteiger partial charge on any atom is 0.242 e. The SMILES string of the molecule is CCNc1ccc(S(=O)(=O)NCCC(=O)NC(C)C)cn1. The lowest BCUT2D eigenvalue weighted by Crippen LogP contribution is -2.34. The minimum atomic E-state index is -3.64.